The van der Waals surface area contributed by atoms with Crippen LogP contribution < -0.4 is 15.4 Å². The van der Waals surface area contributed by atoms with Gasteiger partial charge < -0.3 is 15.4 Å². The van der Waals surface area contributed by atoms with Gasteiger partial charge in [-0.15, -0.1) is 0 Å². The van der Waals surface area contributed by atoms with Crippen LogP contribution in [0.3, 0.4) is 0 Å². The molecule has 0 amide bonds. The lowest BCUT2D eigenvalue weighted by Gasteiger charge is -2.37. The number of methoxy groups -OCH3 is 1. The maximum absolute atomic E-state index is 11.2. The summed E-state index contributed by atoms with van der Waals surface area (Å²) in [6, 6.07) is 14.3. The van der Waals surface area contributed by atoms with Crippen molar-refractivity contribution in [1.29, 1.82) is 0 Å². The molecule has 0 spiro atoms. The molecule has 26 heavy (non-hydrogen) atoms. The minimum absolute atomic E-state index is 0.0904. The Morgan fingerprint density at radius 3 is 2.46 bits per heavy atom. The second-order valence-corrected chi connectivity index (χ2v) is 6.38. The molecule has 0 aromatic heterocycles. The van der Waals surface area contributed by atoms with Crippen molar-refractivity contribution in [2.75, 3.05) is 44.7 Å². The van der Waals surface area contributed by atoms with Crippen molar-refractivity contribution < 1.29 is 9.66 Å². The summed E-state index contributed by atoms with van der Waals surface area (Å²) < 4.78 is 5.44. The largest absolute Gasteiger partial charge is 0.495 e. The highest BCUT2D eigenvalue weighted by molar-refractivity contribution is 5.58. The molecule has 2 N–H and O–H groups in total. The molecule has 1 aliphatic heterocycles. The smallest absolute Gasteiger partial charge is 0.274 e. The van der Waals surface area contributed by atoms with E-state index in [2.05, 4.69) is 15.9 Å². The Morgan fingerprint density at radius 1 is 1.12 bits per heavy atom. The summed E-state index contributed by atoms with van der Waals surface area (Å²) in [5.74, 6) is 0.873. The van der Waals surface area contributed by atoms with Gasteiger partial charge in [0.15, 0.2) is 0 Å². The Morgan fingerprint density at radius 2 is 1.77 bits per heavy atom. The number of nitro benzene ring substituents is 1. The zero-order valence-electron chi connectivity index (χ0n) is 14.9. The summed E-state index contributed by atoms with van der Waals surface area (Å²) in [5.41, 5.74) is 8.05. The third kappa shape index (κ3) is 3.95. The summed E-state index contributed by atoms with van der Waals surface area (Å²) in [6.07, 6.45) is 0. The minimum atomic E-state index is -0.380. The van der Waals surface area contributed by atoms with E-state index in [9.17, 15) is 10.1 Å². The van der Waals surface area contributed by atoms with E-state index < -0.39 is 0 Å². The predicted molar refractivity (Wildman–Crippen MR) is 102 cm³/mol. The molecule has 0 aliphatic carbocycles. The van der Waals surface area contributed by atoms with Crippen molar-refractivity contribution in [3.8, 4) is 5.75 Å². The van der Waals surface area contributed by atoms with E-state index in [-0.39, 0.29) is 16.7 Å². The maximum atomic E-state index is 11.2. The predicted octanol–water partition coefficient (Wildman–Crippen LogP) is 2.43. The number of hydrogen-bond donors (Lipinski definition) is 1. The molecule has 0 bridgehead atoms. The van der Waals surface area contributed by atoms with E-state index in [0.29, 0.717) is 12.1 Å². The fraction of sp³-hybridized carbons (Fsp3) is 0.368. The van der Waals surface area contributed by atoms with Crippen LogP contribution >= 0.6 is 0 Å². The number of nitrogens with two attached hydrogens (primary N) is 1. The zero-order chi connectivity index (χ0) is 18.5. The topological polar surface area (TPSA) is 84.9 Å². The Kier molecular flexibility index (Phi) is 5.70. The number of para-hydroxylation sites is 3. The van der Waals surface area contributed by atoms with E-state index in [4.69, 9.17) is 10.5 Å². The van der Waals surface area contributed by atoms with E-state index in [1.54, 1.807) is 25.3 Å². The van der Waals surface area contributed by atoms with Gasteiger partial charge in [-0.25, -0.2) is 0 Å². The number of nitrogens with zero attached hydrogens (tertiary/aromatic N) is 3. The Balaban J connectivity index is 1.62. The Hall–Kier alpha value is -2.64. The van der Waals surface area contributed by atoms with Crippen molar-refractivity contribution >= 4 is 11.4 Å². The first-order valence-electron chi connectivity index (χ1n) is 8.69. The molecule has 1 saturated heterocycles. The molecule has 1 atom stereocenters. The third-order valence-corrected chi connectivity index (χ3v) is 4.79. The van der Waals surface area contributed by atoms with Gasteiger partial charge in [0.1, 0.15) is 5.75 Å². The highest BCUT2D eigenvalue weighted by Gasteiger charge is 2.24. The van der Waals surface area contributed by atoms with Crippen molar-refractivity contribution in [1.82, 2.24) is 4.90 Å². The average molecular weight is 356 g/mol. The second kappa shape index (κ2) is 8.16. The third-order valence-electron chi connectivity index (χ3n) is 4.79. The van der Waals surface area contributed by atoms with Crippen LogP contribution in [0.4, 0.5) is 11.4 Å². The second-order valence-electron chi connectivity index (χ2n) is 6.38. The highest BCUT2D eigenvalue weighted by Crippen LogP contribution is 2.29. The van der Waals surface area contributed by atoms with Crippen LogP contribution in [-0.4, -0.2) is 49.7 Å². The first kappa shape index (κ1) is 18.2. The molecule has 1 heterocycles. The zero-order valence-corrected chi connectivity index (χ0v) is 14.9. The quantitative estimate of drug-likeness (QED) is 0.632. The molecule has 0 saturated carbocycles. The number of anilines is 1. The summed E-state index contributed by atoms with van der Waals surface area (Å²) in [6.45, 7) is 4.04. The van der Waals surface area contributed by atoms with Crippen molar-refractivity contribution in [3.05, 3.63) is 64.2 Å². The van der Waals surface area contributed by atoms with E-state index in [1.807, 2.05) is 18.2 Å². The lowest BCUT2D eigenvalue weighted by Crippen LogP contribution is -2.48. The monoisotopic (exact) mass is 356 g/mol. The van der Waals surface area contributed by atoms with Crippen LogP contribution in [0.25, 0.3) is 0 Å². The number of nitro groups is 1. The van der Waals surface area contributed by atoms with Gasteiger partial charge in [-0.3, -0.25) is 15.0 Å². The van der Waals surface area contributed by atoms with Gasteiger partial charge in [0, 0.05) is 50.4 Å². The van der Waals surface area contributed by atoms with Crippen molar-refractivity contribution in [2.24, 2.45) is 5.73 Å². The molecule has 2 aromatic carbocycles. The van der Waals surface area contributed by atoms with E-state index in [1.165, 1.54) is 6.07 Å². The molecule has 7 heteroatoms. The number of piperazine rings is 1. The Bertz CT molecular complexity index is 760. The fourth-order valence-corrected chi connectivity index (χ4v) is 3.41. The van der Waals surface area contributed by atoms with Gasteiger partial charge in [-0.1, -0.05) is 30.3 Å². The van der Waals surface area contributed by atoms with Gasteiger partial charge in [-0.2, -0.15) is 0 Å². The van der Waals surface area contributed by atoms with Gasteiger partial charge >= 0.3 is 0 Å². The first-order valence-corrected chi connectivity index (χ1v) is 8.69. The number of rotatable bonds is 6. The summed E-state index contributed by atoms with van der Waals surface area (Å²) >= 11 is 0. The molecule has 0 radical (unpaired) electrons. The molecule has 1 fully saturated rings. The van der Waals surface area contributed by atoms with Gasteiger partial charge in [0.05, 0.1) is 17.7 Å². The van der Waals surface area contributed by atoms with Gasteiger partial charge in [-0.05, 0) is 12.1 Å². The normalized spacial score (nSPS) is 16.3. The van der Waals surface area contributed by atoms with E-state index >= 15 is 0 Å². The minimum Gasteiger partial charge on any atom is -0.495 e. The molecule has 1 aliphatic rings. The van der Waals surface area contributed by atoms with Crippen molar-refractivity contribution in [2.45, 2.75) is 6.04 Å². The lowest BCUT2D eigenvalue weighted by molar-refractivity contribution is -0.385. The van der Waals surface area contributed by atoms with Crippen LogP contribution in [0, 0.1) is 10.1 Å². The highest BCUT2D eigenvalue weighted by atomic mass is 16.6. The van der Waals surface area contributed by atoms with Crippen LogP contribution in [0.15, 0.2) is 48.5 Å². The SMILES string of the molecule is COc1ccccc1N1CCN(CC(N)c2ccccc2[N+](=O)[O-])CC1. The molecule has 3 rings (SSSR count). The number of ether oxygens (including phenoxy) is 1. The summed E-state index contributed by atoms with van der Waals surface area (Å²) in [4.78, 5) is 15.4. The first-order chi connectivity index (χ1) is 12.6. The van der Waals surface area contributed by atoms with Crippen LogP contribution in [-0.2, 0) is 0 Å². The van der Waals surface area contributed by atoms with Crippen LogP contribution in [0.1, 0.15) is 11.6 Å². The fourth-order valence-electron chi connectivity index (χ4n) is 3.41. The number of hydrogen-bond acceptors (Lipinski definition) is 6. The summed E-state index contributed by atoms with van der Waals surface area (Å²) in [5, 5.41) is 11.2. The van der Waals surface area contributed by atoms with Gasteiger partial charge in [0.25, 0.3) is 5.69 Å². The lowest BCUT2D eigenvalue weighted by atomic mass is 10.0. The van der Waals surface area contributed by atoms with E-state index in [0.717, 1.165) is 37.6 Å². The average Bonchev–Trinajstić information content (AvgIpc) is 2.68. The Labute approximate surface area is 153 Å². The van der Waals surface area contributed by atoms with Crippen LogP contribution in [0.5, 0.6) is 5.75 Å². The van der Waals surface area contributed by atoms with Gasteiger partial charge in [0.2, 0.25) is 0 Å². The summed E-state index contributed by atoms with van der Waals surface area (Å²) in [7, 11) is 1.68. The molecule has 7 nitrogen and oxygen atoms in total. The maximum Gasteiger partial charge on any atom is 0.274 e. The number of benzene rings is 2. The molecule has 2 aromatic rings. The standard InChI is InChI=1S/C19H24N4O3/c1-26-19-9-5-4-8-18(19)22-12-10-21(11-13-22)14-16(20)15-6-2-3-7-17(15)23(24)25/h2-9,16H,10-14,20H2,1H3. The van der Waals surface area contributed by atoms with Crippen molar-refractivity contribution in [3.63, 3.8) is 0 Å². The van der Waals surface area contributed by atoms with Crippen LogP contribution in [0.2, 0.25) is 0 Å². The molecular weight excluding hydrogens is 332 g/mol. The molecular formula is C19H24N4O3. The molecule has 1 unspecified atom stereocenters. The molecule has 138 valence electrons.